The molecule has 1 saturated heterocycles. The van der Waals surface area contributed by atoms with Crippen molar-refractivity contribution in [2.75, 3.05) is 37.8 Å². The zero-order valence-electron chi connectivity index (χ0n) is 37.3. The van der Waals surface area contributed by atoms with Gasteiger partial charge in [0.1, 0.15) is 42.4 Å². The summed E-state index contributed by atoms with van der Waals surface area (Å²) in [5.74, 6) is -1.29. The number of aromatic nitrogens is 4. The maximum Gasteiger partial charge on any atom is 0.481 e. The molecule has 25 nitrogen and oxygen atoms in total. The Balaban J connectivity index is 1.34. The van der Waals surface area contributed by atoms with Gasteiger partial charge in [-0.15, -0.1) is 0 Å². The number of aliphatic hydroxyl groups is 3. The third-order valence-corrected chi connectivity index (χ3v) is 14.4. The van der Waals surface area contributed by atoms with Crippen LogP contribution in [0, 0.1) is 5.41 Å². The molecular formula is C37H66N7O18P3S. The number of ether oxygens (including phenoxy) is 1. The predicted molar refractivity (Wildman–Crippen MR) is 239 cm³/mol. The van der Waals surface area contributed by atoms with Gasteiger partial charge < -0.3 is 56.0 Å². The molecule has 3 rings (SSSR count). The largest absolute Gasteiger partial charge is 0.481 e. The van der Waals surface area contributed by atoms with Gasteiger partial charge in [0.25, 0.3) is 0 Å². The van der Waals surface area contributed by atoms with Crippen LogP contribution in [0.2, 0.25) is 0 Å². The van der Waals surface area contributed by atoms with Crippen molar-refractivity contribution < 1.29 is 85.6 Å². The third kappa shape index (κ3) is 20.2. The van der Waals surface area contributed by atoms with Gasteiger partial charge in [0.05, 0.1) is 19.5 Å². The molecule has 11 N–H and O–H groups in total. The van der Waals surface area contributed by atoms with Crippen molar-refractivity contribution in [1.82, 2.24) is 30.2 Å². The molecule has 29 heteroatoms. The van der Waals surface area contributed by atoms with Crippen molar-refractivity contribution in [2.24, 2.45) is 5.41 Å². The van der Waals surface area contributed by atoms with Crippen LogP contribution in [0.4, 0.5) is 5.82 Å². The van der Waals surface area contributed by atoms with Crippen LogP contribution >= 0.6 is 35.2 Å². The number of phosphoric ester groups is 3. The van der Waals surface area contributed by atoms with E-state index in [1.165, 1.54) is 65.2 Å². The van der Waals surface area contributed by atoms with Gasteiger partial charge in [-0.05, 0) is 6.42 Å². The van der Waals surface area contributed by atoms with Crippen molar-refractivity contribution in [1.29, 1.82) is 0 Å². The Morgan fingerprint density at radius 3 is 2.12 bits per heavy atom. The highest BCUT2D eigenvalue weighted by Gasteiger charge is 2.50. The Morgan fingerprint density at radius 2 is 1.50 bits per heavy atom. The molecule has 0 bridgehead atoms. The quantitative estimate of drug-likeness (QED) is 0.0362. The zero-order valence-corrected chi connectivity index (χ0v) is 40.8. The lowest BCUT2D eigenvalue weighted by atomic mass is 9.87. The topological polar surface area (TPSA) is 384 Å². The van der Waals surface area contributed by atoms with Crippen LogP contribution in [0.25, 0.3) is 11.2 Å². The summed E-state index contributed by atoms with van der Waals surface area (Å²) in [5, 5.41) is 36.3. The number of amides is 2. The summed E-state index contributed by atoms with van der Waals surface area (Å²) in [5.41, 5.74) is 4.25. The standard InChI is InChI=1S/C37H66N7O18P3S/c1-4-5-6-7-8-9-10-11-12-13-14-15-16-25(45)36(50)66-20-19-39-27(46)17-18-40-34(49)31(48)37(2,3)22-59-65(56,57)62-64(54,55)58-21-26-30(61-63(51,52)53)29(47)35(60-26)44-24-43-28-32(38)41-23-42-33(28)44/h23-26,29-31,35,45,47-48H,4-22H2,1-3H3,(H,39,46)(H,40,49)(H,54,55)(H,56,57)(H2,38,41,42)(H2,51,52,53)/t25?,26-,29-,30-,31+,35-/m1/s1. The molecule has 1 fully saturated rings. The molecule has 0 aliphatic carbocycles. The van der Waals surface area contributed by atoms with Gasteiger partial charge in [-0.3, -0.25) is 32.5 Å². The lowest BCUT2D eigenvalue weighted by Crippen LogP contribution is -2.46. The molecule has 66 heavy (non-hydrogen) atoms. The molecule has 0 aromatic carbocycles. The van der Waals surface area contributed by atoms with Gasteiger partial charge in [-0.2, -0.15) is 4.31 Å². The van der Waals surface area contributed by atoms with Gasteiger partial charge >= 0.3 is 23.5 Å². The number of imidazole rings is 1. The molecule has 0 spiro atoms. The molecular weight excluding hydrogens is 955 g/mol. The first-order valence-corrected chi connectivity index (χ1v) is 27.2. The van der Waals surface area contributed by atoms with Crippen molar-refractivity contribution in [3.63, 3.8) is 0 Å². The Hall–Kier alpha value is -2.48. The first kappa shape index (κ1) is 57.8. The Kier molecular flexibility index (Phi) is 24.2. The molecule has 0 saturated carbocycles. The van der Waals surface area contributed by atoms with E-state index in [0.29, 0.717) is 6.42 Å². The van der Waals surface area contributed by atoms with Crippen molar-refractivity contribution in [3.8, 4) is 0 Å². The fourth-order valence-corrected chi connectivity index (χ4v) is 10.2. The average Bonchev–Trinajstić information content (AvgIpc) is 3.80. The third-order valence-electron chi connectivity index (χ3n) is 10.3. The van der Waals surface area contributed by atoms with Crippen LogP contribution in [-0.4, -0.2) is 134 Å². The van der Waals surface area contributed by atoms with Crippen LogP contribution in [0.5, 0.6) is 0 Å². The Morgan fingerprint density at radius 1 is 0.894 bits per heavy atom. The highest BCUT2D eigenvalue weighted by Crippen LogP contribution is 2.61. The highest BCUT2D eigenvalue weighted by molar-refractivity contribution is 8.13. The fourth-order valence-electron chi connectivity index (χ4n) is 6.67. The number of nitrogen functional groups attached to an aromatic ring is 1. The van der Waals surface area contributed by atoms with Gasteiger partial charge in [-0.25, -0.2) is 28.6 Å². The van der Waals surface area contributed by atoms with E-state index < -0.39 is 90.7 Å². The van der Waals surface area contributed by atoms with E-state index in [9.17, 15) is 63.0 Å². The maximum absolute atomic E-state index is 12.7. The number of nitrogens with one attached hydrogen (secondary N) is 2. The minimum Gasteiger partial charge on any atom is -0.386 e. The van der Waals surface area contributed by atoms with Gasteiger partial charge in [0.2, 0.25) is 16.9 Å². The molecule has 3 unspecified atom stereocenters. The molecule has 2 aromatic heterocycles. The van der Waals surface area contributed by atoms with Crippen molar-refractivity contribution in [2.45, 2.75) is 147 Å². The van der Waals surface area contributed by atoms with Crippen LogP contribution in [0.1, 0.15) is 117 Å². The van der Waals surface area contributed by atoms with E-state index in [-0.39, 0.29) is 47.4 Å². The normalized spacial score (nSPS) is 20.7. The number of hydrogen-bond acceptors (Lipinski definition) is 19. The smallest absolute Gasteiger partial charge is 0.386 e. The monoisotopic (exact) mass is 1020 g/mol. The number of phosphoric acid groups is 3. The summed E-state index contributed by atoms with van der Waals surface area (Å²) < 4.78 is 62.4. The number of unbranched alkanes of at least 4 members (excludes halogenated alkanes) is 11. The second-order valence-electron chi connectivity index (χ2n) is 16.4. The van der Waals surface area contributed by atoms with E-state index >= 15 is 0 Å². The molecule has 1 aliphatic heterocycles. The molecule has 1 aliphatic rings. The number of carbonyl (C=O) groups excluding carboxylic acids is 3. The molecule has 3 heterocycles. The molecule has 2 amide bonds. The van der Waals surface area contributed by atoms with E-state index in [0.717, 1.165) is 54.7 Å². The van der Waals surface area contributed by atoms with Gasteiger partial charge in [-0.1, -0.05) is 110 Å². The summed E-state index contributed by atoms with van der Waals surface area (Å²) in [6.07, 6.45) is 6.45. The number of anilines is 1. The fraction of sp³-hybridized carbons (Fsp3) is 0.784. The Labute approximate surface area is 387 Å². The number of aliphatic hydroxyl groups excluding tert-OH is 3. The van der Waals surface area contributed by atoms with Crippen molar-refractivity contribution in [3.05, 3.63) is 12.7 Å². The second kappa shape index (κ2) is 27.6. The molecule has 8 atom stereocenters. The van der Waals surface area contributed by atoms with Crippen LogP contribution in [-0.2, 0) is 50.7 Å². The maximum atomic E-state index is 12.7. The number of nitrogens with two attached hydrogens (primary N) is 1. The number of nitrogens with zero attached hydrogens (tertiary/aromatic N) is 4. The number of hydrogen-bond donors (Lipinski definition) is 10. The lowest BCUT2D eigenvalue weighted by Gasteiger charge is -2.30. The van der Waals surface area contributed by atoms with Crippen LogP contribution < -0.4 is 16.4 Å². The molecule has 2 aromatic rings. The lowest BCUT2D eigenvalue weighted by molar-refractivity contribution is -0.137. The summed E-state index contributed by atoms with van der Waals surface area (Å²) in [7, 11) is -16.4. The second-order valence-corrected chi connectivity index (χ2v) is 21.8. The van der Waals surface area contributed by atoms with Crippen LogP contribution in [0.3, 0.4) is 0 Å². The van der Waals surface area contributed by atoms with E-state index in [4.69, 9.17) is 19.5 Å². The number of carbonyl (C=O) groups is 3. The van der Waals surface area contributed by atoms with Gasteiger partial charge in [0.15, 0.2) is 17.7 Å². The van der Waals surface area contributed by atoms with Crippen molar-refractivity contribution >= 4 is 69.1 Å². The molecule has 378 valence electrons. The van der Waals surface area contributed by atoms with E-state index in [1.807, 2.05) is 0 Å². The first-order valence-electron chi connectivity index (χ1n) is 21.7. The summed E-state index contributed by atoms with van der Waals surface area (Å²) in [4.78, 5) is 88.4. The summed E-state index contributed by atoms with van der Waals surface area (Å²) in [6, 6.07) is 0. The first-order chi connectivity index (χ1) is 31.0. The van der Waals surface area contributed by atoms with Crippen LogP contribution in [0.15, 0.2) is 12.7 Å². The summed E-state index contributed by atoms with van der Waals surface area (Å²) >= 11 is 0.913. The molecule has 0 radical (unpaired) electrons. The number of fused-ring (bicyclic) bond motifs is 1. The SMILES string of the molecule is CCCCCCCCCCCCCCC(O)C(=O)SCCNC(=O)CCNC(=O)[C@H](O)C(C)(C)COP(=O)(O)OP(=O)(O)OC[C@H]1O[C@@H](n2cnc3c(N)ncnc32)[C@H](O)[C@@H]1OP(=O)(O)O. The Bertz CT molecular complexity index is 2000. The zero-order chi connectivity index (χ0) is 49.1. The highest BCUT2D eigenvalue weighted by atomic mass is 32.2. The average molecular weight is 1020 g/mol. The summed E-state index contributed by atoms with van der Waals surface area (Å²) in [6.45, 7) is 2.57. The predicted octanol–water partition coefficient (Wildman–Crippen LogP) is 3.12. The minimum atomic E-state index is -5.59. The minimum absolute atomic E-state index is 0.0276. The number of rotatable bonds is 33. The number of thioether (sulfide) groups is 1. The van der Waals surface area contributed by atoms with E-state index in [2.05, 4.69) is 41.3 Å². The van der Waals surface area contributed by atoms with Gasteiger partial charge in [0, 0.05) is 30.7 Å². The van der Waals surface area contributed by atoms with E-state index in [1.54, 1.807) is 0 Å².